The van der Waals surface area contributed by atoms with E-state index in [9.17, 15) is 24.3 Å². The number of nitrogens with zero attached hydrogens (tertiary/aromatic N) is 8. The number of fused-ring (bicyclic) bond motifs is 1. The van der Waals surface area contributed by atoms with Crippen molar-refractivity contribution in [2.24, 2.45) is 10.9 Å². The highest BCUT2D eigenvalue weighted by molar-refractivity contribution is 8.01. The monoisotopic (exact) mass is 625 g/mol. The predicted molar refractivity (Wildman–Crippen MR) is 153 cm³/mol. The Morgan fingerprint density at radius 3 is 2.84 bits per heavy atom. The lowest BCUT2D eigenvalue weighted by molar-refractivity contribution is -0.150. The number of carbonyl (C=O) groups is 4. The van der Waals surface area contributed by atoms with Crippen LogP contribution in [0, 0.1) is 0 Å². The average Bonchev–Trinajstić information content (AvgIpc) is 3.46. The van der Waals surface area contributed by atoms with Crippen LogP contribution < -0.4 is 21.2 Å². The average molecular weight is 626 g/mol. The van der Waals surface area contributed by atoms with Gasteiger partial charge in [0.05, 0.1) is 6.54 Å². The van der Waals surface area contributed by atoms with Crippen molar-refractivity contribution in [2.75, 3.05) is 23.4 Å². The van der Waals surface area contributed by atoms with Crippen LogP contribution in [0.4, 0.5) is 5.82 Å². The van der Waals surface area contributed by atoms with E-state index < -0.39 is 29.2 Å². The number of carboxylic acid groups (broad SMARTS) is 1. The summed E-state index contributed by atoms with van der Waals surface area (Å²) in [6.45, 7) is 0.722. The molecule has 3 amide bonds. The lowest BCUT2D eigenvalue weighted by Gasteiger charge is -2.49. The lowest BCUT2D eigenvalue weighted by atomic mass is 10.0. The van der Waals surface area contributed by atoms with Gasteiger partial charge in [-0.1, -0.05) is 35.1 Å². The van der Waals surface area contributed by atoms with Gasteiger partial charge in [0.1, 0.15) is 22.9 Å². The van der Waals surface area contributed by atoms with Crippen molar-refractivity contribution >= 4 is 59.2 Å². The van der Waals surface area contributed by atoms with Gasteiger partial charge >= 0.3 is 5.97 Å². The van der Waals surface area contributed by atoms with Gasteiger partial charge in [0, 0.05) is 24.2 Å². The van der Waals surface area contributed by atoms with Gasteiger partial charge in [-0.25, -0.2) is 19.4 Å². The molecule has 1 aromatic carbocycles. The van der Waals surface area contributed by atoms with Gasteiger partial charge in [-0.3, -0.25) is 19.3 Å². The summed E-state index contributed by atoms with van der Waals surface area (Å²) in [4.78, 5) is 64.5. The summed E-state index contributed by atoms with van der Waals surface area (Å²) in [6.07, 6.45) is 1.72. The number of thioether (sulfide) groups is 2. The molecular weight excluding hydrogens is 602 g/mol. The molecule has 3 aromatic rings. The Morgan fingerprint density at radius 2 is 2.09 bits per heavy atom. The normalized spacial score (nSPS) is 18.0. The van der Waals surface area contributed by atoms with Gasteiger partial charge in [-0.2, -0.15) is 0 Å². The fourth-order valence-electron chi connectivity index (χ4n) is 4.10. The van der Waals surface area contributed by atoms with Crippen LogP contribution in [-0.4, -0.2) is 99.6 Å². The lowest BCUT2D eigenvalue weighted by Crippen LogP contribution is -2.71. The molecule has 19 heteroatoms. The molecule has 5 rings (SSSR count). The third kappa shape index (κ3) is 6.47. The molecule has 17 nitrogen and oxygen atoms in total. The van der Waals surface area contributed by atoms with Crippen LogP contribution in [0.15, 0.2) is 64.2 Å². The molecule has 0 aliphatic carbocycles. The van der Waals surface area contributed by atoms with Crippen molar-refractivity contribution in [1.82, 2.24) is 40.4 Å². The molecule has 1 saturated heterocycles. The molecule has 2 atom stereocenters. The number of nitrogens with one attached hydrogen (secondary N) is 2. The van der Waals surface area contributed by atoms with E-state index in [1.165, 1.54) is 40.5 Å². The second-order valence-corrected chi connectivity index (χ2v) is 10.8. The molecule has 1 unspecified atom stereocenters. The van der Waals surface area contributed by atoms with Gasteiger partial charge in [0.2, 0.25) is 17.3 Å². The van der Waals surface area contributed by atoms with Crippen molar-refractivity contribution < 1.29 is 29.1 Å². The zero-order chi connectivity index (χ0) is 30.3. The standard InChI is InChI=1S/C24H23N11O6S2/c25-7-9-34-24(30-32-33-34)43-11-13-10-42-22-17(21(38)35(22)18(13)23(39)40)29-20(37)16(31-41-14-4-2-1-3-5-14)19-26-8-6-15(28-19)27-12-36/h1-6,8,12,17,22H,7,9-11,25H2,(H,29,37)(H,39,40)(H,26,27,28,36)/t17?,22-/m0/s1. The number of tetrazole rings is 1. The van der Waals surface area contributed by atoms with E-state index in [0.29, 0.717) is 36.0 Å². The van der Waals surface area contributed by atoms with Crippen molar-refractivity contribution in [3.8, 4) is 5.75 Å². The second kappa shape index (κ2) is 13.4. The highest BCUT2D eigenvalue weighted by atomic mass is 32.2. The van der Waals surface area contributed by atoms with E-state index in [-0.39, 0.29) is 34.6 Å². The van der Waals surface area contributed by atoms with E-state index in [0.717, 1.165) is 4.90 Å². The van der Waals surface area contributed by atoms with Gasteiger partial charge in [-0.15, -0.1) is 16.9 Å². The van der Waals surface area contributed by atoms with E-state index in [1.807, 2.05) is 0 Å². The summed E-state index contributed by atoms with van der Waals surface area (Å²) in [5.41, 5.74) is 5.57. The molecule has 2 aliphatic rings. The first-order chi connectivity index (χ1) is 20.9. The summed E-state index contributed by atoms with van der Waals surface area (Å²) in [7, 11) is 0. The summed E-state index contributed by atoms with van der Waals surface area (Å²) in [5, 5.41) is 30.1. The number of aromatic nitrogens is 6. The first-order valence-electron chi connectivity index (χ1n) is 12.5. The van der Waals surface area contributed by atoms with E-state index >= 15 is 0 Å². The first kappa shape index (κ1) is 29.6. The topological polar surface area (TPSA) is 233 Å². The van der Waals surface area contributed by atoms with Crippen molar-refractivity contribution in [3.05, 3.63) is 59.7 Å². The number of oxime groups is 1. The number of benzene rings is 1. The first-order valence-corrected chi connectivity index (χ1v) is 14.6. The number of carboxylic acids is 1. The fourth-order valence-corrected chi connectivity index (χ4v) is 6.48. The zero-order valence-electron chi connectivity index (χ0n) is 22.1. The van der Waals surface area contributed by atoms with Gasteiger partial charge in [-0.05, 0) is 34.2 Å². The summed E-state index contributed by atoms with van der Waals surface area (Å²) >= 11 is 2.53. The van der Waals surface area contributed by atoms with Crippen LogP contribution in [0.1, 0.15) is 5.82 Å². The minimum Gasteiger partial charge on any atom is -0.477 e. The zero-order valence-corrected chi connectivity index (χ0v) is 23.7. The van der Waals surface area contributed by atoms with Crippen LogP contribution >= 0.6 is 23.5 Å². The quantitative estimate of drug-likeness (QED) is 0.0605. The highest BCUT2D eigenvalue weighted by Gasteiger charge is 2.54. The molecule has 2 aromatic heterocycles. The third-order valence-corrected chi connectivity index (χ3v) is 8.41. The maximum atomic E-state index is 13.4. The summed E-state index contributed by atoms with van der Waals surface area (Å²) < 4.78 is 1.51. The molecule has 0 saturated carbocycles. The number of hydrogen-bond acceptors (Lipinski definition) is 14. The number of nitrogens with two attached hydrogens (primary N) is 1. The molecule has 43 heavy (non-hydrogen) atoms. The molecule has 5 N–H and O–H groups in total. The van der Waals surface area contributed by atoms with Crippen LogP contribution in [0.5, 0.6) is 5.75 Å². The Hall–Kier alpha value is -4.88. The smallest absolute Gasteiger partial charge is 0.352 e. The number of rotatable bonds is 13. The molecule has 4 heterocycles. The Kier molecular flexibility index (Phi) is 9.23. The number of anilines is 1. The summed E-state index contributed by atoms with van der Waals surface area (Å²) in [6, 6.07) is 8.77. The van der Waals surface area contributed by atoms with Crippen LogP contribution in [0.3, 0.4) is 0 Å². The van der Waals surface area contributed by atoms with Crippen LogP contribution in [-0.2, 0) is 25.7 Å². The van der Waals surface area contributed by atoms with E-state index in [2.05, 4.69) is 41.3 Å². The Morgan fingerprint density at radius 1 is 1.28 bits per heavy atom. The minimum absolute atomic E-state index is 0.104. The number of amides is 3. The second-order valence-electron chi connectivity index (χ2n) is 8.75. The Bertz CT molecular complexity index is 1600. The minimum atomic E-state index is -1.27. The molecule has 1 fully saturated rings. The third-order valence-electron chi connectivity index (χ3n) is 6.03. The van der Waals surface area contributed by atoms with Crippen molar-refractivity contribution in [3.63, 3.8) is 0 Å². The number of aliphatic carboxylic acids is 1. The van der Waals surface area contributed by atoms with Crippen molar-refractivity contribution in [2.45, 2.75) is 23.1 Å². The van der Waals surface area contributed by atoms with Crippen LogP contribution in [0.2, 0.25) is 0 Å². The molecule has 0 radical (unpaired) electrons. The number of β-lactam (4-membered cyclic amide) rings is 1. The number of hydrogen-bond donors (Lipinski definition) is 4. The Labute approximate surface area is 251 Å². The Balaban J connectivity index is 1.34. The van der Waals surface area contributed by atoms with Crippen molar-refractivity contribution in [1.29, 1.82) is 0 Å². The largest absolute Gasteiger partial charge is 0.477 e. The predicted octanol–water partition coefficient (Wildman–Crippen LogP) is -0.696. The van der Waals surface area contributed by atoms with Gasteiger partial charge in [0.15, 0.2) is 11.6 Å². The maximum Gasteiger partial charge on any atom is 0.352 e. The number of carbonyl (C=O) groups excluding carboxylic acids is 3. The maximum absolute atomic E-state index is 13.4. The van der Waals surface area contributed by atoms with E-state index in [4.69, 9.17) is 10.6 Å². The van der Waals surface area contributed by atoms with Gasteiger partial charge < -0.3 is 26.3 Å². The highest BCUT2D eigenvalue weighted by Crippen LogP contribution is 2.41. The molecule has 0 spiro atoms. The molecular formula is C24H23N11O6S2. The van der Waals surface area contributed by atoms with Crippen LogP contribution in [0.25, 0.3) is 0 Å². The number of para-hydroxylation sites is 1. The SMILES string of the molecule is NCCn1nnnc1SCC1=C(C(=O)O)N2C(=O)C(NC(=O)C(=NOc3ccccc3)c3nccc(NC=O)n3)[C@@H]2SC1. The molecule has 222 valence electrons. The van der Waals surface area contributed by atoms with E-state index in [1.54, 1.807) is 30.3 Å². The molecule has 0 bridgehead atoms. The summed E-state index contributed by atoms with van der Waals surface area (Å²) in [5.74, 6) is -1.96. The van der Waals surface area contributed by atoms with Gasteiger partial charge in [0.25, 0.3) is 11.8 Å². The molecule has 2 aliphatic heterocycles. The fraction of sp³-hybridized carbons (Fsp3) is 0.250.